The lowest BCUT2D eigenvalue weighted by atomic mass is 9.45. The third-order valence-electron chi connectivity index (χ3n) is 10.5. The number of ether oxygens (including phenoxy) is 1. The number of aromatic nitrogens is 2. The number of fused-ring (bicyclic) bond motifs is 3. The minimum Gasteiger partial charge on any atom is -0.497 e. The zero-order valence-corrected chi connectivity index (χ0v) is 26.3. The van der Waals surface area contributed by atoms with Crippen molar-refractivity contribution in [2.24, 2.45) is 28.2 Å². The maximum Gasteiger partial charge on any atom is 0.262 e. The van der Waals surface area contributed by atoms with Crippen molar-refractivity contribution in [3.8, 4) is 11.8 Å². The number of nitrogens with one attached hydrogen (secondary N) is 2. The van der Waals surface area contributed by atoms with Gasteiger partial charge in [-0.15, -0.1) is 0 Å². The second kappa shape index (κ2) is 12.4. The molecule has 4 fully saturated rings. The largest absolute Gasteiger partial charge is 0.497 e. The summed E-state index contributed by atoms with van der Waals surface area (Å²) in [7, 11) is 1.47. The van der Waals surface area contributed by atoms with Gasteiger partial charge in [-0.1, -0.05) is 26.8 Å². The number of hydrogen-bond donors (Lipinski definition) is 2. The van der Waals surface area contributed by atoms with Gasteiger partial charge in [-0.25, -0.2) is 18.8 Å². The first-order valence-electron chi connectivity index (χ1n) is 15.8. The highest BCUT2D eigenvalue weighted by Crippen LogP contribution is 2.61. The quantitative estimate of drug-likeness (QED) is 0.291. The average molecular weight is 618 g/mol. The van der Waals surface area contributed by atoms with Crippen molar-refractivity contribution in [3.63, 3.8) is 0 Å². The summed E-state index contributed by atoms with van der Waals surface area (Å²) in [4.78, 5) is 25.4. The Bertz CT molecular complexity index is 1720. The molecule has 4 aliphatic rings. The first-order chi connectivity index (χ1) is 21.6. The smallest absolute Gasteiger partial charge is 0.262 e. The summed E-state index contributed by atoms with van der Waals surface area (Å²) in [5.74, 6) is 2.33. The molecule has 0 amide bonds. The fourth-order valence-corrected chi connectivity index (χ4v) is 7.58. The number of methoxy groups -OCH3 is 1. The highest BCUT2D eigenvalue weighted by Gasteiger charge is 2.56. The maximum absolute atomic E-state index is 14.5. The lowest BCUT2D eigenvalue weighted by Crippen LogP contribution is -2.58. The molecule has 9 nitrogen and oxygen atoms in total. The molecule has 1 aliphatic heterocycles. The highest BCUT2D eigenvalue weighted by atomic mass is 19.1. The minimum atomic E-state index is -0.462. The van der Waals surface area contributed by atoms with Crippen molar-refractivity contribution in [1.82, 2.24) is 19.8 Å². The van der Waals surface area contributed by atoms with Crippen LogP contribution in [0.5, 0.6) is 5.75 Å². The van der Waals surface area contributed by atoms with Crippen LogP contribution in [0.3, 0.4) is 0 Å². The molecule has 2 aromatic carbocycles. The number of nitrogens with zero attached hydrogens (tertiary/aromatic N) is 5. The van der Waals surface area contributed by atoms with Gasteiger partial charge >= 0.3 is 0 Å². The predicted molar refractivity (Wildman–Crippen MR) is 171 cm³/mol. The number of rotatable bonds is 7. The van der Waals surface area contributed by atoms with Gasteiger partial charge in [0.15, 0.2) is 5.96 Å². The number of anilines is 1. The van der Waals surface area contributed by atoms with Gasteiger partial charge in [0, 0.05) is 37.9 Å². The molecule has 1 aromatic heterocycles. The number of aryl methyl sites for hydroxylation is 1. The van der Waals surface area contributed by atoms with Crippen LogP contribution in [0.2, 0.25) is 0 Å². The number of halogens is 2. The lowest BCUT2D eigenvalue weighted by Gasteiger charge is -2.61. The molecule has 1 unspecified atom stereocenters. The van der Waals surface area contributed by atoms with E-state index in [9.17, 15) is 18.8 Å². The van der Waals surface area contributed by atoms with Crippen LogP contribution in [0, 0.1) is 40.3 Å². The van der Waals surface area contributed by atoms with Gasteiger partial charge in [-0.3, -0.25) is 9.36 Å². The van der Waals surface area contributed by atoms with E-state index in [-0.39, 0.29) is 36.4 Å². The summed E-state index contributed by atoms with van der Waals surface area (Å²) in [6, 6.07) is 11.7. The van der Waals surface area contributed by atoms with Crippen molar-refractivity contribution in [2.75, 3.05) is 38.7 Å². The van der Waals surface area contributed by atoms with Crippen LogP contribution in [0.15, 0.2) is 46.2 Å². The van der Waals surface area contributed by atoms with Gasteiger partial charge < -0.3 is 20.3 Å². The van der Waals surface area contributed by atoms with E-state index in [1.165, 1.54) is 24.2 Å². The first kappa shape index (κ1) is 31.0. The Balaban J connectivity index is 1.28. The van der Waals surface area contributed by atoms with E-state index in [4.69, 9.17) is 9.73 Å². The van der Waals surface area contributed by atoms with Crippen LogP contribution in [0.1, 0.15) is 45.0 Å². The third kappa shape index (κ3) is 5.88. The minimum absolute atomic E-state index is 0.0433. The number of guanidine groups is 1. The third-order valence-corrected chi connectivity index (χ3v) is 10.5. The Morgan fingerprint density at radius 2 is 2.09 bits per heavy atom. The molecule has 3 aromatic rings. The summed E-state index contributed by atoms with van der Waals surface area (Å²) >= 11 is 0. The molecule has 45 heavy (non-hydrogen) atoms. The molecular formula is C34H41F2N7O2. The molecule has 1 saturated heterocycles. The van der Waals surface area contributed by atoms with Crippen LogP contribution < -0.4 is 20.9 Å². The maximum atomic E-state index is 14.5. The Labute approximate surface area is 262 Å². The van der Waals surface area contributed by atoms with Crippen molar-refractivity contribution in [2.45, 2.75) is 58.7 Å². The second-order valence-corrected chi connectivity index (χ2v) is 13.3. The Hall–Kier alpha value is -4.04. The van der Waals surface area contributed by atoms with Crippen molar-refractivity contribution >= 4 is 22.5 Å². The lowest BCUT2D eigenvalue weighted by molar-refractivity contribution is -0.108. The predicted octanol–water partition coefficient (Wildman–Crippen LogP) is 4.74. The molecule has 2 heterocycles. The summed E-state index contributed by atoms with van der Waals surface area (Å²) in [6.45, 7) is 8.50. The van der Waals surface area contributed by atoms with Gasteiger partial charge in [-0.05, 0) is 72.3 Å². The Morgan fingerprint density at radius 1 is 1.27 bits per heavy atom. The molecule has 5 atom stereocenters. The van der Waals surface area contributed by atoms with Crippen LogP contribution >= 0.6 is 0 Å². The number of alkyl halides is 1. The number of benzene rings is 2. The van der Waals surface area contributed by atoms with E-state index in [2.05, 4.69) is 41.3 Å². The van der Waals surface area contributed by atoms with E-state index in [0.717, 1.165) is 6.42 Å². The van der Waals surface area contributed by atoms with Gasteiger partial charge in [0.1, 0.15) is 24.3 Å². The fourth-order valence-electron chi connectivity index (χ4n) is 7.58. The van der Waals surface area contributed by atoms with E-state index in [0.29, 0.717) is 76.7 Å². The summed E-state index contributed by atoms with van der Waals surface area (Å²) in [5, 5.41) is 16.9. The van der Waals surface area contributed by atoms with Crippen LogP contribution in [0.25, 0.3) is 10.9 Å². The molecule has 2 N–H and O–H groups in total. The zero-order chi connectivity index (χ0) is 31.9. The molecule has 3 aliphatic carbocycles. The number of aliphatic imine (C=N–C) groups is 1. The first-order valence-corrected chi connectivity index (χ1v) is 15.8. The fraction of sp³-hybridized carbons (Fsp3) is 0.529. The number of piperazine rings is 1. The highest BCUT2D eigenvalue weighted by molar-refractivity contribution is 5.96. The normalized spacial score (nSPS) is 25.8. The Kier molecular flexibility index (Phi) is 8.53. The molecule has 7 rings (SSSR count). The van der Waals surface area contributed by atoms with E-state index >= 15 is 0 Å². The second-order valence-electron chi connectivity index (χ2n) is 13.3. The molecule has 2 bridgehead atoms. The standard InChI is InChI=1S/C34H41F2N7O2/c1-20-27-13-22(34(27,2)3)14-29(20)41-33(42-12-10-38-24(17-35)19-42)39-23-6-8-26-30(15-23)40-31(18-37)43(32(26)44)11-9-21-5-7-25(45-4)16-28(21)36/h5-8,15-16,20,22,24,27,29,38H,9-14,17,19H2,1-4H3,(H,39,41)/t20-,22+,24-,27-,29?/m0/s1. The molecule has 11 heteroatoms. The zero-order valence-electron chi connectivity index (χ0n) is 26.3. The molecular weight excluding hydrogens is 576 g/mol. The van der Waals surface area contributed by atoms with Crippen molar-refractivity contribution in [1.29, 1.82) is 5.26 Å². The van der Waals surface area contributed by atoms with Gasteiger partial charge in [0.2, 0.25) is 5.82 Å². The number of nitriles is 1. The van der Waals surface area contributed by atoms with Gasteiger partial charge in [0.05, 0.1) is 30.1 Å². The van der Waals surface area contributed by atoms with Crippen LogP contribution in [-0.2, 0) is 13.0 Å². The van der Waals surface area contributed by atoms with Crippen molar-refractivity contribution in [3.05, 3.63) is 64.0 Å². The molecule has 238 valence electrons. The number of hydrogen-bond acceptors (Lipinski definition) is 6. The SMILES string of the molecule is COc1ccc(CCn2c(C#N)nc3cc(NC(=NC4C[C@H]5C[C@@H]([C@@H]4C)C5(C)C)N4CCN[C@@H](CF)C4)ccc3c2=O)c(F)c1. The summed E-state index contributed by atoms with van der Waals surface area (Å²) in [5.41, 5.74) is 1.44. The monoisotopic (exact) mass is 617 g/mol. The van der Waals surface area contributed by atoms with E-state index < -0.39 is 12.5 Å². The Morgan fingerprint density at radius 3 is 2.78 bits per heavy atom. The summed E-state index contributed by atoms with van der Waals surface area (Å²) in [6.07, 6.45) is 2.49. The van der Waals surface area contributed by atoms with E-state index in [1.54, 1.807) is 30.3 Å². The summed E-state index contributed by atoms with van der Waals surface area (Å²) < 4.78 is 34.6. The van der Waals surface area contributed by atoms with Gasteiger partial charge in [-0.2, -0.15) is 5.26 Å². The van der Waals surface area contributed by atoms with E-state index in [1.807, 2.05) is 6.07 Å². The molecule has 0 spiro atoms. The van der Waals surface area contributed by atoms with Gasteiger partial charge in [0.25, 0.3) is 5.56 Å². The van der Waals surface area contributed by atoms with Crippen LogP contribution in [0.4, 0.5) is 14.5 Å². The average Bonchev–Trinajstić information content (AvgIpc) is 3.04. The van der Waals surface area contributed by atoms with Crippen LogP contribution in [-0.4, -0.2) is 65.9 Å². The molecule has 3 saturated carbocycles. The van der Waals surface area contributed by atoms with Crippen molar-refractivity contribution < 1.29 is 13.5 Å². The molecule has 0 radical (unpaired) electrons. The topological polar surface area (TPSA) is 108 Å².